The summed E-state index contributed by atoms with van der Waals surface area (Å²) in [4.78, 5) is 13.5. The monoisotopic (exact) mass is 450 g/mol. The Morgan fingerprint density at radius 3 is 2.58 bits per heavy atom. The molecule has 2 aromatic carbocycles. The van der Waals surface area contributed by atoms with Crippen molar-refractivity contribution < 1.29 is 19.0 Å². The SMILES string of the molecule is COc1ccccc1NC(=O)C1=C(C)Nc2nnnn2C1c1ccc(OC(C)C)c(OC)c1. The smallest absolute Gasteiger partial charge is 0.255 e. The normalized spacial score (nSPS) is 15.0. The summed E-state index contributed by atoms with van der Waals surface area (Å²) in [6.07, 6.45) is -0.0147. The Labute approximate surface area is 191 Å². The van der Waals surface area contributed by atoms with Gasteiger partial charge in [-0.1, -0.05) is 23.3 Å². The number of rotatable bonds is 7. The van der Waals surface area contributed by atoms with Gasteiger partial charge in [-0.05, 0) is 61.0 Å². The highest BCUT2D eigenvalue weighted by Crippen LogP contribution is 2.39. The van der Waals surface area contributed by atoms with Crippen LogP contribution in [-0.2, 0) is 4.79 Å². The maximum Gasteiger partial charge on any atom is 0.255 e. The van der Waals surface area contributed by atoms with Crippen LogP contribution in [0.15, 0.2) is 53.7 Å². The molecule has 10 nitrogen and oxygen atoms in total. The zero-order chi connectivity index (χ0) is 23.5. The Kier molecular flexibility index (Phi) is 6.16. The molecule has 0 aliphatic carbocycles. The lowest BCUT2D eigenvalue weighted by atomic mass is 9.94. The standard InChI is InChI=1S/C23H26N6O4/c1-13(2)33-18-11-10-15(12-19(18)32-5)21-20(14(3)24-23-26-27-28-29(21)23)22(30)25-16-8-6-7-9-17(16)31-4/h6-13,21H,1-5H3,(H,25,30)(H,24,26,28). The van der Waals surface area contributed by atoms with Crippen LogP contribution in [0.2, 0.25) is 0 Å². The van der Waals surface area contributed by atoms with Gasteiger partial charge in [0.1, 0.15) is 11.8 Å². The van der Waals surface area contributed by atoms with Gasteiger partial charge in [0, 0.05) is 5.70 Å². The number of para-hydroxylation sites is 2. The quantitative estimate of drug-likeness (QED) is 0.563. The molecule has 0 bridgehead atoms. The molecule has 10 heteroatoms. The second-order valence-electron chi connectivity index (χ2n) is 7.74. The molecule has 0 saturated heterocycles. The Morgan fingerprint density at radius 2 is 1.85 bits per heavy atom. The minimum absolute atomic E-state index is 0.0147. The van der Waals surface area contributed by atoms with Crippen molar-refractivity contribution >= 4 is 17.5 Å². The maximum atomic E-state index is 13.5. The highest BCUT2D eigenvalue weighted by molar-refractivity contribution is 6.06. The van der Waals surface area contributed by atoms with E-state index in [2.05, 4.69) is 26.2 Å². The average Bonchev–Trinajstić information content (AvgIpc) is 3.26. The van der Waals surface area contributed by atoms with Gasteiger partial charge >= 0.3 is 0 Å². The van der Waals surface area contributed by atoms with Crippen molar-refractivity contribution in [3.8, 4) is 17.2 Å². The van der Waals surface area contributed by atoms with Crippen LogP contribution in [0.4, 0.5) is 11.6 Å². The van der Waals surface area contributed by atoms with Gasteiger partial charge in [0.25, 0.3) is 5.91 Å². The fourth-order valence-corrected chi connectivity index (χ4v) is 3.76. The van der Waals surface area contributed by atoms with Crippen LogP contribution in [0.25, 0.3) is 0 Å². The predicted octanol–water partition coefficient (Wildman–Crippen LogP) is 3.41. The molecule has 3 aromatic rings. The topological polar surface area (TPSA) is 112 Å². The van der Waals surface area contributed by atoms with Gasteiger partial charge in [-0.3, -0.25) is 4.79 Å². The Bertz CT molecular complexity index is 1200. The summed E-state index contributed by atoms with van der Waals surface area (Å²) < 4.78 is 18.4. The Morgan fingerprint density at radius 1 is 1.09 bits per heavy atom. The number of methoxy groups -OCH3 is 2. The van der Waals surface area contributed by atoms with E-state index >= 15 is 0 Å². The summed E-state index contributed by atoms with van der Waals surface area (Å²) in [7, 11) is 3.13. The number of fused-ring (bicyclic) bond motifs is 1. The molecule has 33 heavy (non-hydrogen) atoms. The summed E-state index contributed by atoms with van der Waals surface area (Å²) in [5.74, 6) is 1.86. The molecular formula is C23H26N6O4. The van der Waals surface area contributed by atoms with Gasteiger partial charge in [-0.25, -0.2) is 0 Å². The number of aromatic nitrogens is 4. The minimum atomic E-state index is -0.590. The number of carbonyl (C=O) groups is 1. The van der Waals surface area contributed by atoms with Crippen molar-refractivity contribution in [2.24, 2.45) is 0 Å². The number of hydrogen-bond donors (Lipinski definition) is 2. The summed E-state index contributed by atoms with van der Waals surface area (Å²) >= 11 is 0. The molecule has 172 valence electrons. The number of nitrogens with one attached hydrogen (secondary N) is 2. The molecule has 1 aliphatic rings. The number of nitrogens with zero attached hydrogens (tertiary/aromatic N) is 4. The third-order valence-corrected chi connectivity index (χ3v) is 5.18. The van der Waals surface area contributed by atoms with E-state index in [9.17, 15) is 4.79 Å². The molecule has 0 fully saturated rings. The summed E-state index contributed by atoms with van der Waals surface area (Å²) in [5, 5.41) is 18.0. The summed E-state index contributed by atoms with van der Waals surface area (Å²) in [5.41, 5.74) is 2.42. The van der Waals surface area contributed by atoms with E-state index in [0.29, 0.717) is 40.2 Å². The van der Waals surface area contributed by atoms with E-state index < -0.39 is 6.04 Å². The van der Waals surface area contributed by atoms with Crippen LogP contribution in [0.3, 0.4) is 0 Å². The third kappa shape index (κ3) is 4.32. The highest BCUT2D eigenvalue weighted by atomic mass is 16.5. The lowest BCUT2D eigenvalue weighted by Crippen LogP contribution is -2.31. The van der Waals surface area contributed by atoms with E-state index in [1.165, 1.54) is 0 Å². The fourth-order valence-electron chi connectivity index (χ4n) is 3.76. The molecule has 1 amide bonds. The molecule has 0 spiro atoms. The van der Waals surface area contributed by atoms with Crippen LogP contribution >= 0.6 is 0 Å². The van der Waals surface area contributed by atoms with Crippen LogP contribution in [0.1, 0.15) is 32.4 Å². The number of benzene rings is 2. The third-order valence-electron chi connectivity index (χ3n) is 5.18. The number of amides is 1. The summed E-state index contributed by atoms with van der Waals surface area (Å²) in [6.45, 7) is 5.70. The van der Waals surface area contributed by atoms with E-state index in [0.717, 1.165) is 5.56 Å². The van der Waals surface area contributed by atoms with Crippen molar-refractivity contribution in [2.45, 2.75) is 32.9 Å². The van der Waals surface area contributed by atoms with Crippen LogP contribution in [-0.4, -0.2) is 46.4 Å². The molecule has 1 unspecified atom stereocenters. The zero-order valence-corrected chi connectivity index (χ0v) is 19.1. The van der Waals surface area contributed by atoms with Crippen molar-refractivity contribution in [3.63, 3.8) is 0 Å². The first-order valence-electron chi connectivity index (χ1n) is 10.5. The van der Waals surface area contributed by atoms with E-state index in [4.69, 9.17) is 14.2 Å². The first kappa shape index (κ1) is 22.1. The zero-order valence-electron chi connectivity index (χ0n) is 19.1. The number of carbonyl (C=O) groups excluding carboxylic acids is 1. The van der Waals surface area contributed by atoms with Gasteiger partial charge in [-0.2, -0.15) is 4.68 Å². The Balaban J connectivity index is 1.77. The van der Waals surface area contributed by atoms with E-state index in [1.807, 2.05) is 51.1 Å². The van der Waals surface area contributed by atoms with Crippen LogP contribution in [0, 0.1) is 0 Å². The highest BCUT2D eigenvalue weighted by Gasteiger charge is 2.35. The van der Waals surface area contributed by atoms with Gasteiger partial charge in [0.2, 0.25) is 5.95 Å². The molecule has 1 aliphatic heterocycles. The molecule has 1 aromatic heterocycles. The second kappa shape index (κ2) is 9.19. The average molecular weight is 450 g/mol. The van der Waals surface area contributed by atoms with Crippen LogP contribution in [0.5, 0.6) is 17.2 Å². The predicted molar refractivity (Wildman–Crippen MR) is 123 cm³/mol. The molecule has 4 rings (SSSR count). The fraction of sp³-hybridized carbons (Fsp3) is 0.304. The Hall–Kier alpha value is -4.08. The summed E-state index contributed by atoms with van der Waals surface area (Å²) in [6, 6.07) is 12.2. The van der Waals surface area contributed by atoms with Gasteiger partial charge in [-0.15, -0.1) is 0 Å². The van der Waals surface area contributed by atoms with Crippen molar-refractivity contribution in [3.05, 3.63) is 59.3 Å². The lowest BCUT2D eigenvalue weighted by molar-refractivity contribution is -0.113. The first-order valence-corrected chi connectivity index (χ1v) is 10.5. The largest absolute Gasteiger partial charge is 0.495 e. The molecule has 0 radical (unpaired) electrons. The molecule has 1 atom stereocenters. The van der Waals surface area contributed by atoms with Crippen LogP contribution < -0.4 is 24.8 Å². The molecular weight excluding hydrogens is 424 g/mol. The number of tetrazole rings is 1. The van der Waals surface area contributed by atoms with Gasteiger partial charge < -0.3 is 24.8 Å². The lowest BCUT2D eigenvalue weighted by Gasteiger charge is -2.28. The molecule has 2 N–H and O–H groups in total. The van der Waals surface area contributed by atoms with Crippen molar-refractivity contribution in [2.75, 3.05) is 24.9 Å². The number of ether oxygens (including phenoxy) is 3. The minimum Gasteiger partial charge on any atom is -0.495 e. The number of anilines is 2. The van der Waals surface area contributed by atoms with E-state index in [-0.39, 0.29) is 12.0 Å². The van der Waals surface area contributed by atoms with Gasteiger partial charge in [0.15, 0.2) is 11.5 Å². The van der Waals surface area contributed by atoms with E-state index in [1.54, 1.807) is 31.0 Å². The first-order chi connectivity index (χ1) is 15.9. The number of hydrogen-bond acceptors (Lipinski definition) is 8. The molecule has 2 heterocycles. The second-order valence-corrected chi connectivity index (χ2v) is 7.74. The molecule has 0 saturated carbocycles. The van der Waals surface area contributed by atoms with Crippen molar-refractivity contribution in [1.82, 2.24) is 20.2 Å². The number of allylic oxidation sites excluding steroid dienone is 1. The maximum absolute atomic E-state index is 13.5. The van der Waals surface area contributed by atoms with Gasteiger partial charge in [0.05, 0.1) is 31.6 Å². The van der Waals surface area contributed by atoms with Crippen molar-refractivity contribution in [1.29, 1.82) is 0 Å².